The number of halogens is 1. The van der Waals surface area contributed by atoms with Crippen LogP contribution in [0.1, 0.15) is 33.1 Å². The summed E-state index contributed by atoms with van der Waals surface area (Å²) in [7, 11) is 0. The minimum Gasteiger partial charge on any atom is -0.304 e. The van der Waals surface area contributed by atoms with Gasteiger partial charge in [-0.2, -0.15) is 5.26 Å². The summed E-state index contributed by atoms with van der Waals surface area (Å²) in [6, 6.07) is 2.16. The molecular weight excluding hydrogens is 172 g/mol. The van der Waals surface area contributed by atoms with E-state index in [0.717, 1.165) is 19.5 Å². The van der Waals surface area contributed by atoms with Gasteiger partial charge in [0.25, 0.3) is 0 Å². The SMILES string of the molecule is CCCN(CC)CCCC#N.Cl. The van der Waals surface area contributed by atoms with Crippen molar-refractivity contribution in [3.05, 3.63) is 0 Å². The largest absolute Gasteiger partial charge is 0.304 e. The van der Waals surface area contributed by atoms with Crippen LogP contribution in [-0.4, -0.2) is 24.5 Å². The molecule has 0 radical (unpaired) electrons. The molecule has 3 heteroatoms. The molecule has 0 bridgehead atoms. The van der Waals surface area contributed by atoms with E-state index in [1.54, 1.807) is 0 Å². The molecule has 0 aliphatic heterocycles. The van der Waals surface area contributed by atoms with E-state index >= 15 is 0 Å². The molecule has 0 unspecified atom stereocenters. The van der Waals surface area contributed by atoms with Crippen LogP contribution in [0.15, 0.2) is 0 Å². The van der Waals surface area contributed by atoms with E-state index in [2.05, 4.69) is 24.8 Å². The van der Waals surface area contributed by atoms with Crippen LogP contribution >= 0.6 is 12.4 Å². The second-order valence-corrected chi connectivity index (χ2v) is 2.70. The van der Waals surface area contributed by atoms with E-state index < -0.39 is 0 Å². The number of hydrogen-bond donors (Lipinski definition) is 0. The Morgan fingerprint density at radius 3 is 2.33 bits per heavy atom. The number of unbranched alkanes of at least 4 members (excludes halogenated alkanes) is 1. The molecule has 0 rings (SSSR count). The first-order chi connectivity index (χ1) is 5.35. The molecule has 0 aromatic carbocycles. The lowest BCUT2D eigenvalue weighted by molar-refractivity contribution is 0.286. The highest BCUT2D eigenvalue weighted by Crippen LogP contribution is 1.95. The maximum Gasteiger partial charge on any atom is 0.0622 e. The van der Waals surface area contributed by atoms with Crippen molar-refractivity contribution >= 4 is 12.4 Å². The Hall–Kier alpha value is -0.260. The molecule has 0 aliphatic rings. The lowest BCUT2D eigenvalue weighted by atomic mass is 10.3. The molecule has 0 spiro atoms. The smallest absolute Gasteiger partial charge is 0.0622 e. The summed E-state index contributed by atoms with van der Waals surface area (Å²) >= 11 is 0. The van der Waals surface area contributed by atoms with E-state index in [1.165, 1.54) is 13.0 Å². The third-order valence-corrected chi connectivity index (χ3v) is 1.75. The van der Waals surface area contributed by atoms with Crippen molar-refractivity contribution in [2.45, 2.75) is 33.1 Å². The van der Waals surface area contributed by atoms with E-state index in [1.807, 2.05) is 0 Å². The van der Waals surface area contributed by atoms with Crippen LogP contribution in [0.25, 0.3) is 0 Å². The maximum absolute atomic E-state index is 8.31. The molecule has 0 aromatic heterocycles. The Morgan fingerprint density at radius 2 is 1.92 bits per heavy atom. The summed E-state index contributed by atoms with van der Waals surface area (Å²) in [4.78, 5) is 2.39. The molecule has 0 heterocycles. The lowest BCUT2D eigenvalue weighted by Crippen LogP contribution is -2.25. The van der Waals surface area contributed by atoms with Crippen molar-refractivity contribution in [1.29, 1.82) is 5.26 Å². The highest BCUT2D eigenvalue weighted by molar-refractivity contribution is 5.85. The van der Waals surface area contributed by atoms with Crippen LogP contribution < -0.4 is 0 Å². The fourth-order valence-corrected chi connectivity index (χ4v) is 1.13. The van der Waals surface area contributed by atoms with Crippen molar-refractivity contribution in [3.63, 3.8) is 0 Å². The number of hydrogen-bond acceptors (Lipinski definition) is 2. The third-order valence-electron chi connectivity index (χ3n) is 1.75. The molecule has 2 nitrogen and oxygen atoms in total. The molecule has 72 valence electrons. The Bertz CT molecular complexity index is 120. The van der Waals surface area contributed by atoms with Crippen molar-refractivity contribution < 1.29 is 0 Å². The van der Waals surface area contributed by atoms with Gasteiger partial charge in [-0.05, 0) is 32.5 Å². The zero-order valence-electron chi connectivity index (χ0n) is 8.05. The lowest BCUT2D eigenvalue weighted by Gasteiger charge is -2.18. The van der Waals surface area contributed by atoms with Gasteiger partial charge in [-0.15, -0.1) is 12.4 Å². The molecule has 12 heavy (non-hydrogen) atoms. The predicted octanol–water partition coefficient (Wildman–Crippen LogP) is 2.44. The zero-order valence-corrected chi connectivity index (χ0v) is 8.86. The van der Waals surface area contributed by atoms with Gasteiger partial charge in [-0.1, -0.05) is 13.8 Å². The summed E-state index contributed by atoms with van der Waals surface area (Å²) in [5.41, 5.74) is 0. The average Bonchev–Trinajstić information content (AvgIpc) is 2.03. The Balaban J connectivity index is 0. The highest BCUT2D eigenvalue weighted by atomic mass is 35.5. The second-order valence-electron chi connectivity index (χ2n) is 2.70. The summed E-state index contributed by atoms with van der Waals surface area (Å²) in [5.74, 6) is 0. The summed E-state index contributed by atoms with van der Waals surface area (Å²) in [5, 5.41) is 8.31. The quantitative estimate of drug-likeness (QED) is 0.602. The fraction of sp³-hybridized carbons (Fsp3) is 0.889. The van der Waals surface area contributed by atoms with Gasteiger partial charge in [0.15, 0.2) is 0 Å². The van der Waals surface area contributed by atoms with Crippen LogP contribution in [0.3, 0.4) is 0 Å². The molecule has 0 aromatic rings. The summed E-state index contributed by atoms with van der Waals surface area (Å²) in [6.07, 6.45) is 2.92. The van der Waals surface area contributed by atoms with E-state index in [-0.39, 0.29) is 12.4 Å². The molecular formula is C9H19ClN2. The highest BCUT2D eigenvalue weighted by Gasteiger charge is 1.98. The van der Waals surface area contributed by atoms with Crippen molar-refractivity contribution in [2.75, 3.05) is 19.6 Å². The normalized spacial score (nSPS) is 9.17. The molecule has 0 aliphatic carbocycles. The van der Waals surface area contributed by atoms with Gasteiger partial charge in [-0.25, -0.2) is 0 Å². The van der Waals surface area contributed by atoms with Gasteiger partial charge in [-0.3, -0.25) is 0 Å². The predicted molar refractivity (Wildman–Crippen MR) is 54.5 cm³/mol. The van der Waals surface area contributed by atoms with Gasteiger partial charge >= 0.3 is 0 Å². The Kier molecular flexibility index (Phi) is 12.8. The van der Waals surface area contributed by atoms with E-state index in [0.29, 0.717) is 6.42 Å². The van der Waals surface area contributed by atoms with Gasteiger partial charge in [0.2, 0.25) is 0 Å². The Labute approximate surface area is 82.0 Å². The molecule has 0 amide bonds. The second kappa shape index (κ2) is 10.7. The van der Waals surface area contributed by atoms with Crippen LogP contribution in [0.2, 0.25) is 0 Å². The van der Waals surface area contributed by atoms with Crippen LogP contribution in [0.5, 0.6) is 0 Å². The van der Waals surface area contributed by atoms with E-state index in [9.17, 15) is 0 Å². The van der Waals surface area contributed by atoms with Gasteiger partial charge in [0.05, 0.1) is 6.07 Å². The first-order valence-electron chi connectivity index (χ1n) is 4.44. The average molecular weight is 191 g/mol. The monoisotopic (exact) mass is 190 g/mol. The first-order valence-corrected chi connectivity index (χ1v) is 4.44. The zero-order chi connectivity index (χ0) is 8.53. The van der Waals surface area contributed by atoms with Crippen molar-refractivity contribution in [3.8, 4) is 6.07 Å². The van der Waals surface area contributed by atoms with Crippen LogP contribution in [-0.2, 0) is 0 Å². The maximum atomic E-state index is 8.31. The molecule has 0 saturated carbocycles. The molecule has 0 N–H and O–H groups in total. The van der Waals surface area contributed by atoms with Gasteiger partial charge in [0.1, 0.15) is 0 Å². The standard InChI is InChI=1S/C9H18N2.ClH/c1-3-8-11(4-2)9-6-5-7-10;/h3-6,8-9H2,1-2H3;1H. The van der Waals surface area contributed by atoms with Crippen LogP contribution in [0.4, 0.5) is 0 Å². The minimum atomic E-state index is 0. The summed E-state index contributed by atoms with van der Waals surface area (Å²) < 4.78 is 0. The Morgan fingerprint density at radius 1 is 1.25 bits per heavy atom. The van der Waals surface area contributed by atoms with Gasteiger partial charge in [0, 0.05) is 6.42 Å². The number of nitriles is 1. The minimum absolute atomic E-state index is 0. The number of rotatable bonds is 6. The first kappa shape index (κ1) is 14.3. The molecule has 0 fully saturated rings. The molecule has 0 saturated heterocycles. The fourth-order valence-electron chi connectivity index (χ4n) is 1.13. The van der Waals surface area contributed by atoms with E-state index in [4.69, 9.17) is 5.26 Å². The molecule has 0 atom stereocenters. The third kappa shape index (κ3) is 7.84. The van der Waals surface area contributed by atoms with Gasteiger partial charge < -0.3 is 4.90 Å². The van der Waals surface area contributed by atoms with Crippen molar-refractivity contribution in [2.24, 2.45) is 0 Å². The topological polar surface area (TPSA) is 27.0 Å². The number of nitrogens with zero attached hydrogens (tertiary/aromatic N) is 2. The summed E-state index contributed by atoms with van der Waals surface area (Å²) in [6.45, 7) is 7.72. The van der Waals surface area contributed by atoms with Crippen LogP contribution in [0, 0.1) is 11.3 Å². The van der Waals surface area contributed by atoms with Crippen molar-refractivity contribution in [1.82, 2.24) is 4.90 Å².